The number of carbonyl (C=O) groups excluding carboxylic acids is 1. The number of carbonyl (C=O) groups is 1. The summed E-state index contributed by atoms with van der Waals surface area (Å²) in [6.45, 7) is 10.8. The number of nitrogens with zero attached hydrogens (tertiary/aromatic N) is 5. The van der Waals surface area contributed by atoms with Crippen molar-refractivity contribution in [2.75, 3.05) is 18.0 Å². The monoisotopic (exact) mass is 503 g/mol. The van der Waals surface area contributed by atoms with Gasteiger partial charge in [-0.05, 0) is 68.7 Å². The highest BCUT2D eigenvalue weighted by Gasteiger charge is 2.36. The van der Waals surface area contributed by atoms with Crippen LogP contribution in [0.2, 0.25) is 0 Å². The van der Waals surface area contributed by atoms with Crippen LogP contribution in [0.1, 0.15) is 34.6 Å². The maximum absolute atomic E-state index is 13.8. The number of amides is 1. The molecule has 1 saturated heterocycles. The van der Waals surface area contributed by atoms with Crippen molar-refractivity contribution < 1.29 is 13.9 Å². The van der Waals surface area contributed by atoms with Crippen LogP contribution in [0.25, 0.3) is 16.7 Å². The summed E-state index contributed by atoms with van der Waals surface area (Å²) < 4.78 is 22.1. The minimum Gasteiger partial charge on any atom is -0.444 e. The maximum atomic E-state index is 13.8. The molecule has 0 saturated carbocycles. The van der Waals surface area contributed by atoms with Crippen molar-refractivity contribution in [3.05, 3.63) is 47.1 Å². The molecule has 0 aliphatic carbocycles. The van der Waals surface area contributed by atoms with Crippen LogP contribution in [0.3, 0.4) is 0 Å². The number of ether oxygens (including phenoxy) is 1. The highest BCUT2D eigenvalue weighted by atomic mass is 79.9. The zero-order valence-electron chi connectivity index (χ0n) is 18.8. The van der Waals surface area contributed by atoms with Gasteiger partial charge in [-0.3, -0.25) is 4.57 Å². The fourth-order valence-electron chi connectivity index (χ4n) is 4.04. The molecule has 0 bridgehead atoms. The summed E-state index contributed by atoms with van der Waals surface area (Å²) in [5.41, 5.74) is 0.823. The first kappa shape index (κ1) is 22.5. The number of anilines is 1. The number of hydrogen-bond acceptors (Lipinski definition) is 5. The molecule has 1 amide bonds. The number of piperazine rings is 1. The number of fused-ring (bicyclic) bond motifs is 1. The summed E-state index contributed by atoms with van der Waals surface area (Å²) in [7, 11) is 0. The van der Waals surface area contributed by atoms with E-state index < -0.39 is 5.60 Å². The summed E-state index contributed by atoms with van der Waals surface area (Å²) in [5.74, 6) is 0.468. The summed E-state index contributed by atoms with van der Waals surface area (Å²) in [6.07, 6.45) is 3.10. The molecule has 4 rings (SSSR count). The van der Waals surface area contributed by atoms with Crippen LogP contribution in [0, 0.1) is 5.82 Å². The Bertz CT molecular complexity index is 1160. The lowest BCUT2D eigenvalue weighted by Gasteiger charge is -2.44. The zero-order valence-corrected chi connectivity index (χ0v) is 20.4. The second-order valence-electron chi connectivity index (χ2n) is 9.21. The molecule has 32 heavy (non-hydrogen) atoms. The smallest absolute Gasteiger partial charge is 0.410 e. The fraction of sp³-hybridized carbons (Fsp3) is 0.435. The van der Waals surface area contributed by atoms with E-state index in [4.69, 9.17) is 4.74 Å². The molecular weight excluding hydrogens is 477 g/mol. The molecule has 0 N–H and O–H groups in total. The number of hydrogen-bond donors (Lipinski definition) is 0. The van der Waals surface area contributed by atoms with Crippen molar-refractivity contribution >= 4 is 38.9 Å². The minimum absolute atomic E-state index is 0.0150. The Hall–Kier alpha value is -2.68. The standard InChI is InChI=1S/C23H27BrFN5O2/c1-14-11-29(22(31)32-23(3,4)5)15(2)10-28(14)20-19-18(24)12-30(21(19)27-13-26-20)17-8-6-7-16(25)9-17/h6-9,12-15H,10-11H2,1-5H3/t14-,15+/m0/s1. The van der Waals surface area contributed by atoms with Crippen LogP contribution in [0.5, 0.6) is 0 Å². The Kier molecular flexibility index (Phi) is 5.87. The van der Waals surface area contributed by atoms with E-state index in [9.17, 15) is 9.18 Å². The van der Waals surface area contributed by atoms with E-state index in [0.29, 0.717) is 24.4 Å². The Morgan fingerprint density at radius 2 is 1.94 bits per heavy atom. The Morgan fingerprint density at radius 3 is 2.62 bits per heavy atom. The van der Waals surface area contributed by atoms with Gasteiger partial charge in [0.1, 0.15) is 23.6 Å². The molecule has 0 radical (unpaired) electrons. The normalized spacial score (nSPS) is 19.5. The maximum Gasteiger partial charge on any atom is 0.410 e. The van der Waals surface area contributed by atoms with Gasteiger partial charge >= 0.3 is 6.09 Å². The van der Waals surface area contributed by atoms with Crippen molar-refractivity contribution in [1.29, 1.82) is 0 Å². The van der Waals surface area contributed by atoms with E-state index >= 15 is 0 Å². The molecule has 0 spiro atoms. The van der Waals surface area contributed by atoms with Crippen molar-refractivity contribution in [2.24, 2.45) is 0 Å². The third-order valence-corrected chi connectivity index (χ3v) is 6.09. The molecule has 3 aromatic rings. The van der Waals surface area contributed by atoms with Gasteiger partial charge in [-0.1, -0.05) is 6.07 Å². The highest BCUT2D eigenvalue weighted by Crippen LogP contribution is 2.36. The van der Waals surface area contributed by atoms with E-state index in [1.54, 1.807) is 11.0 Å². The average Bonchev–Trinajstić information content (AvgIpc) is 3.05. The van der Waals surface area contributed by atoms with Crippen LogP contribution in [0.4, 0.5) is 15.0 Å². The van der Waals surface area contributed by atoms with E-state index in [2.05, 4.69) is 37.7 Å². The Morgan fingerprint density at radius 1 is 1.19 bits per heavy atom. The number of aromatic nitrogens is 3. The third-order valence-electron chi connectivity index (χ3n) is 5.49. The van der Waals surface area contributed by atoms with Gasteiger partial charge < -0.3 is 14.5 Å². The predicted molar refractivity (Wildman–Crippen MR) is 126 cm³/mol. The first-order valence-electron chi connectivity index (χ1n) is 10.6. The molecule has 2 atom stereocenters. The van der Waals surface area contributed by atoms with Gasteiger partial charge in [-0.15, -0.1) is 0 Å². The van der Waals surface area contributed by atoms with E-state index in [-0.39, 0.29) is 24.0 Å². The summed E-state index contributed by atoms with van der Waals surface area (Å²) in [4.78, 5) is 25.7. The minimum atomic E-state index is -0.541. The van der Waals surface area contributed by atoms with Gasteiger partial charge in [-0.2, -0.15) is 0 Å². The van der Waals surface area contributed by atoms with Gasteiger partial charge in [0.2, 0.25) is 0 Å². The second-order valence-corrected chi connectivity index (χ2v) is 10.1. The molecule has 3 heterocycles. The lowest BCUT2D eigenvalue weighted by atomic mass is 10.1. The summed E-state index contributed by atoms with van der Waals surface area (Å²) >= 11 is 3.65. The topological polar surface area (TPSA) is 63.5 Å². The third kappa shape index (κ3) is 4.30. The molecule has 1 fully saturated rings. The average molecular weight is 504 g/mol. The molecule has 1 aliphatic rings. The summed E-state index contributed by atoms with van der Waals surface area (Å²) in [6, 6.07) is 6.35. The first-order chi connectivity index (χ1) is 15.0. The molecule has 9 heteroatoms. The van der Waals surface area contributed by atoms with Crippen molar-refractivity contribution in [1.82, 2.24) is 19.4 Å². The van der Waals surface area contributed by atoms with Gasteiger partial charge in [0.15, 0.2) is 5.65 Å². The van der Waals surface area contributed by atoms with Crippen LogP contribution in [-0.4, -0.2) is 56.3 Å². The van der Waals surface area contributed by atoms with E-state index in [0.717, 1.165) is 15.7 Å². The van der Waals surface area contributed by atoms with Crippen molar-refractivity contribution in [3.63, 3.8) is 0 Å². The number of rotatable bonds is 2. The van der Waals surface area contributed by atoms with Gasteiger partial charge in [0.05, 0.1) is 5.39 Å². The molecule has 7 nitrogen and oxygen atoms in total. The van der Waals surface area contributed by atoms with Crippen molar-refractivity contribution in [2.45, 2.75) is 52.3 Å². The van der Waals surface area contributed by atoms with Crippen LogP contribution >= 0.6 is 15.9 Å². The Balaban J connectivity index is 1.68. The lowest BCUT2D eigenvalue weighted by Crippen LogP contribution is -2.59. The highest BCUT2D eigenvalue weighted by molar-refractivity contribution is 9.10. The fourth-order valence-corrected chi connectivity index (χ4v) is 4.60. The van der Waals surface area contributed by atoms with Gasteiger partial charge in [-0.25, -0.2) is 19.2 Å². The molecular formula is C23H27BrFN5O2. The largest absolute Gasteiger partial charge is 0.444 e. The van der Waals surface area contributed by atoms with Crippen LogP contribution in [-0.2, 0) is 4.74 Å². The quantitative estimate of drug-likeness (QED) is 0.483. The van der Waals surface area contributed by atoms with Crippen LogP contribution in [0.15, 0.2) is 41.3 Å². The van der Waals surface area contributed by atoms with E-state index in [1.165, 1.54) is 18.5 Å². The zero-order chi connectivity index (χ0) is 23.2. The second kappa shape index (κ2) is 8.35. The van der Waals surface area contributed by atoms with Gasteiger partial charge in [0, 0.05) is 41.5 Å². The molecule has 170 valence electrons. The SMILES string of the molecule is C[C@@H]1CN(c2ncnc3c2c(Br)cn3-c2cccc(F)c2)[C@@H](C)CN1C(=O)OC(C)(C)C. The number of benzene rings is 1. The molecule has 2 aromatic heterocycles. The Labute approximate surface area is 195 Å². The number of halogens is 2. The molecule has 0 unspecified atom stereocenters. The molecule has 1 aliphatic heterocycles. The van der Waals surface area contributed by atoms with Crippen LogP contribution < -0.4 is 4.90 Å². The van der Waals surface area contributed by atoms with Gasteiger partial charge in [0.25, 0.3) is 0 Å². The predicted octanol–water partition coefficient (Wildman–Crippen LogP) is 5.16. The lowest BCUT2D eigenvalue weighted by molar-refractivity contribution is 0.0130. The van der Waals surface area contributed by atoms with E-state index in [1.807, 2.05) is 44.5 Å². The molecule has 1 aromatic carbocycles. The summed E-state index contributed by atoms with van der Waals surface area (Å²) in [5, 5.41) is 0.849. The van der Waals surface area contributed by atoms with Crippen molar-refractivity contribution in [3.8, 4) is 5.69 Å². The first-order valence-corrected chi connectivity index (χ1v) is 11.4.